The van der Waals surface area contributed by atoms with E-state index in [2.05, 4.69) is 10.2 Å². The second kappa shape index (κ2) is 6.72. The summed E-state index contributed by atoms with van der Waals surface area (Å²) in [6, 6.07) is 3.85. The number of ether oxygens (including phenoxy) is 1. The van der Waals surface area contributed by atoms with Gasteiger partial charge in [-0.2, -0.15) is 0 Å². The molecule has 1 unspecified atom stereocenters. The monoisotopic (exact) mass is 298 g/mol. The van der Waals surface area contributed by atoms with E-state index in [1.165, 1.54) is 11.8 Å². The Hall–Kier alpha value is -1.34. The van der Waals surface area contributed by atoms with Crippen LogP contribution in [0.4, 0.5) is 0 Å². The number of carbonyl (C=O) groups excluding carboxylic acids is 1. The summed E-state index contributed by atoms with van der Waals surface area (Å²) in [6.45, 7) is 4.02. The molecule has 2 aromatic rings. The van der Waals surface area contributed by atoms with Crippen molar-refractivity contribution in [3.63, 3.8) is 0 Å². The van der Waals surface area contributed by atoms with E-state index in [1.807, 2.05) is 24.4 Å². The van der Waals surface area contributed by atoms with Gasteiger partial charge in [-0.05, 0) is 18.4 Å². The first-order valence-electron chi connectivity index (χ1n) is 5.87. The summed E-state index contributed by atoms with van der Waals surface area (Å²) in [5.74, 6) is 0.682. The van der Waals surface area contributed by atoms with Crippen molar-refractivity contribution in [2.45, 2.75) is 19.1 Å². The zero-order valence-corrected chi connectivity index (χ0v) is 12.3. The number of aromatic nitrogens is 2. The van der Waals surface area contributed by atoms with Crippen LogP contribution in [0.5, 0.6) is 0 Å². The maximum Gasteiger partial charge on any atom is 0.309 e. The second-order valence-electron chi connectivity index (χ2n) is 3.81. The summed E-state index contributed by atoms with van der Waals surface area (Å²) in [5.41, 5.74) is 0. The molecule has 2 rings (SSSR count). The van der Waals surface area contributed by atoms with Crippen LogP contribution in [0, 0.1) is 5.92 Å². The number of esters is 1. The van der Waals surface area contributed by atoms with Crippen LogP contribution < -0.4 is 0 Å². The molecule has 0 aliphatic carbocycles. The van der Waals surface area contributed by atoms with Crippen LogP contribution in [0.15, 0.2) is 27.2 Å². The van der Waals surface area contributed by atoms with Gasteiger partial charge in [0.25, 0.3) is 11.1 Å². The number of thioether (sulfide) groups is 1. The maximum atomic E-state index is 11.5. The highest BCUT2D eigenvalue weighted by molar-refractivity contribution is 7.99. The summed E-state index contributed by atoms with van der Waals surface area (Å²) in [5, 5.41) is 10.4. The molecular weight excluding hydrogens is 284 g/mol. The molecule has 0 saturated carbocycles. The van der Waals surface area contributed by atoms with Crippen molar-refractivity contribution in [1.82, 2.24) is 10.2 Å². The fourth-order valence-electron chi connectivity index (χ4n) is 1.32. The summed E-state index contributed by atoms with van der Waals surface area (Å²) < 4.78 is 10.5. The number of hydrogen-bond acceptors (Lipinski definition) is 7. The molecule has 2 aromatic heterocycles. The molecule has 7 heteroatoms. The molecule has 1 atom stereocenters. The highest BCUT2D eigenvalue weighted by atomic mass is 32.2. The molecule has 0 fully saturated rings. The largest absolute Gasteiger partial charge is 0.466 e. The minimum Gasteiger partial charge on any atom is -0.466 e. The molecule has 0 spiro atoms. The number of nitrogens with zero attached hydrogens (tertiary/aromatic N) is 2. The van der Waals surface area contributed by atoms with Gasteiger partial charge in [0.05, 0.1) is 17.4 Å². The summed E-state index contributed by atoms with van der Waals surface area (Å²) >= 11 is 2.91. The van der Waals surface area contributed by atoms with Crippen molar-refractivity contribution in [2.75, 3.05) is 12.4 Å². The van der Waals surface area contributed by atoms with Gasteiger partial charge in [-0.1, -0.05) is 24.8 Å². The zero-order chi connectivity index (χ0) is 13.7. The first kappa shape index (κ1) is 14.1. The molecule has 102 valence electrons. The molecule has 0 aromatic carbocycles. The Morgan fingerprint density at radius 3 is 3.11 bits per heavy atom. The van der Waals surface area contributed by atoms with Gasteiger partial charge in [-0.15, -0.1) is 21.5 Å². The number of rotatable bonds is 6. The lowest BCUT2D eigenvalue weighted by molar-refractivity contribution is -0.146. The van der Waals surface area contributed by atoms with Crippen molar-refractivity contribution >= 4 is 29.1 Å². The Morgan fingerprint density at radius 1 is 1.58 bits per heavy atom. The van der Waals surface area contributed by atoms with Crippen LogP contribution in [0.25, 0.3) is 10.8 Å². The van der Waals surface area contributed by atoms with Gasteiger partial charge in [-0.25, -0.2) is 0 Å². The average molecular weight is 298 g/mol. The van der Waals surface area contributed by atoms with E-state index >= 15 is 0 Å². The third-order valence-electron chi connectivity index (χ3n) is 2.28. The topological polar surface area (TPSA) is 65.2 Å². The van der Waals surface area contributed by atoms with Crippen molar-refractivity contribution in [1.29, 1.82) is 0 Å². The number of hydrogen-bond donors (Lipinski definition) is 0. The standard InChI is InChI=1S/C12H14N2O3S2/c1-3-16-11(15)8(2)7-19-12-14-13-10(17-12)9-5-4-6-18-9/h4-6,8H,3,7H2,1-2H3. The molecule has 0 radical (unpaired) electrons. The Balaban J connectivity index is 1.89. The normalized spacial score (nSPS) is 12.3. The molecule has 0 aliphatic heterocycles. The van der Waals surface area contributed by atoms with Gasteiger partial charge in [0, 0.05) is 5.75 Å². The molecular formula is C12H14N2O3S2. The predicted octanol–water partition coefficient (Wildman–Crippen LogP) is 3.09. The molecule has 19 heavy (non-hydrogen) atoms. The fourth-order valence-corrected chi connectivity index (χ4v) is 2.73. The third-order valence-corrected chi connectivity index (χ3v) is 4.22. The zero-order valence-electron chi connectivity index (χ0n) is 10.7. The van der Waals surface area contributed by atoms with Crippen molar-refractivity contribution in [2.24, 2.45) is 5.92 Å². The molecule has 0 saturated heterocycles. The van der Waals surface area contributed by atoms with E-state index in [1.54, 1.807) is 18.3 Å². The molecule has 0 N–H and O–H groups in total. The Bertz CT molecular complexity index is 525. The average Bonchev–Trinajstić information content (AvgIpc) is 3.06. The summed E-state index contributed by atoms with van der Waals surface area (Å²) in [6.07, 6.45) is 0. The lowest BCUT2D eigenvalue weighted by atomic mass is 10.2. The minimum absolute atomic E-state index is 0.193. The van der Waals surface area contributed by atoms with E-state index in [9.17, 15) is 4.79 Å². The molecule has 5 nitrogen and oxygen atoms in total. The predicted molar refractivity (Wildman–Crippen MR) is 74.1 cm³/mol. The van der Waals surface area contributed by atoms with E-state index in [-0.39, 0.29) is 11.9 Å². The van der Waals surface area contributed by atoms with E-state index in [0.29, 0.717) is 23.5 Å². The Kier molecular flexibility index (Phi) is 4.98. The lowest BCUT2D eigenvalue weighted by Crippen LogP contribution is -2.16. The third kappa shape index (κ3) is 3.81. The van der Waals surface area contributed by atoms with Crippen LogP contribution in [-0.4, -0.2) is 28.5 Å². The smallest absolute Gasteiger partial charge is 0.309 e. The number of carbonyl (C=O) groups is 1. The van der Waals surface area contributed by atoms with Crippen LogP contribution in [0.1, 0.15) is 13.8 Å². The Labute approximate surface area is 119 Å². The van der Waals surface area contributed by atoms with Gasteiger partial charge in [0.15, 0.2) is 0 Å². The number of thiophene rings is 1. The van der Waals surface area contributed by atoms with Crippen LogP contribution >= 0.6 is 23.1 Å². The van der Waals surface area contributed by atoms with Crippen molar-refractivity contribution in [3.8, 4) is 10.8 Å². The SMILES string of the molecule is CCOC(=O)C(C)CSc1nnc(-c2cccs2)o1. The molecule has 0 bridgehead atoms. The fraction of sp³-hybridized carbons (Fsp3) is 0.417. The van der Waals surface area contributed by atoms with Crippen LogP contribution in [-0.2, 0) is 9.53 Å². The van der Waals surface area contributed by atoms with Gasteiger partial charge in [0.2, 0.25) is 0 Å². The molecule has 0 aliphatic rings. The molecule has 2 heterocycles. The van der Waals surface area contributed by atoms with Gasteiger partial charge in [0.1, 0.15) is 0 Å². The van der Waals surface area contributed by atoms with E-state index in [4.69, 9.17) is 9.15 Å². The Morgan fingerprint density at radius 2 is 2.42 bits per heavy atom. The van der Waals surface area contributed by atoms with Gasteiger partial charge < -0.3 is 9.15 Å². The van der Waals surface area contributed by atoms with Crippen LogP contribution in [0.2, 0.25) is 0 Å². The van der Waals surface area contributed by atoms with Crippen LogP contribution in [0.3, 0.4) is 0 Å². The van der Waals surface area contributed by atoms with Gasteiger partial charge in [-0.3, -0.25) is 4.79 Å². The maximum absolute atomic E-state index is 11.5. The highest BCUT2D eigenvalue weighted by Gasteiger charge is 2.16. The summed E-state index contributed by atoms with van der Waals surface area (Å²) in [7, 11) is 0. The second-order valence-corrected chi connectivity index (χ2v) is 5.73. The quantitative estimate of drug-likeness (QED) is 0.603. The first-order valence-corrected chi connectivity index (χ1v) is 7.74. The first-order chi connectivity index (χ1) is 9.20. The minimum atomic E-state index is -0.201. The lowest BCUT2D eigenvalue weighted by Gasteiger charge is -2.07. The van der Waals surface area contributed by atoms with E-state index in [0.717, 1.165) is 4.88 Å². The summed E-state index contributed by atoms with van der Waals surface area (Å²) in [4.78, 5) is 12.4. The van der Waals surface area contributed by atoms with E-state index < -0.39 is 0 Å². The van der Waals surface area contributed by atoms with Crippen molar-refractivity contribution in [3.05, 3.63) is 17.5 Å². The molecule has 0 amide bonds. The van der Waals surface area contributed by atoms with Crippen molar-refractivity contribution < 1.29 is 13.9 Å². The highest BCUT2D eigenvalue weighted by Crippen LogP contribution is 2.27. The van der Waals surface area contributed by atoms with Gasteiger partial charge >= 0.3 is 5.97 Å².